The van der Waals surface area contributed by atoms with Gasteiger partial charge in [-0.2, -0.15) is 0 Å². The van der Waals surface area contributed by atoms with Gasteiger partial charge in [0, 0.05) is 13.1 Å². The zero-order valence-corrected chi connectivity index (χ0v) is 5.14. The molecule has 0 saturated heterocycles. The minimum atomic E-state index is -4.64. The zero-order valence-electron chi connectivity index (χ0n) is 4.25. The number of hydrogen-bond acceptors (Lipinski definition) is 3. The standard InChI is InChI=1S/2CHN.K.H3O4P.H/c2*1-2;;1-5(2,3)4;/h2*1H;;(H3,1,2,3,4);. The van der Waals surface area contributed by atoms with Crippen molar-refractivity contribution in [2.45, 2.75) is 0 Å². The molecule has 0 bridgehead atoms. The van der Waals surface area contributed by atoms with Gasteiger partial charge in [0.05, 0.1) is 0 Å². The van der Waals surface area contributed by atoms with Crippen molar-refractivity contribution in [3.63, 3.8) is 0 Å². The Kier molecular flexibility index (Phi) is 36.7. The minimum absolute atomic E-state index is 0. The first-order valence-electron chi connectivity index (χ1n) is 1.30. The van der Waals surface area contributed by atoms with E-state index in [1.807, 2.05) is 0 Å². The first-order chi connectivity index (χ1) is 4.00. The van der Waals surface area contributed by atoms with Crippen LogP contribution in [-0.4, -0.2) is 66.1 Å². The van der Waals surface area contributed by atoms with Crippen molar-refractivity contribution in [1.82, 2.24) is 0 Å². The molecule has 8 heteroatoms. The second-order valence-electron chi connectivity index (χ2n) is 0.513. The van der Waals surface area contributed by atoms with Gasteiger partial charge >= 0.3 is 59.2 Å². The van der Waals surface area contributed by atoms with E-state index in [0.29, 0.717) is 0 Å². The van der Waals surface area contributed by atoms with E-state index in [2.05, 4.69) is 13.1 Å². The Balaban J connectivity index is -0.0000000315. The van der Waals surface area contributed by atoms with Crippen LogP contribution in [0, 0.1) is 23.7 Å². The zero-order chi connectivity index (χ0) is 8.50. The van der Waals surface area contributed by atoms with Crippen LogP contribution in [-0.2, 0) is 4.57 Å². The summed E-state index contributed by atoms with van der Waals surface area (Å²) in [4.78, 5) is 21.6. The third kappa shape index (κ3) is 987. The Morgan fingerprint density at radius 1 is 1.00 bits per heavy atom. The first kappa shape index (κ1) is 22.4. The number of nitriles is 2. The summed E-state index contributed by atoms with van der Waals surface area (Å²) in [6.07, 6.45) is 0. The van der Waals surface area contributed by atoms with E-state index in [1.54, 1.807) is 0 Å². The fraction of sp³-hybridized carbons (Fsp3) is 0. The van der Waals surface area contributed by atoms with Crippen LogP contribution in [0.25, 0.3) is 0 Å². The number of phosphoric acid groups is 1. The van der Waals surface area contributed by atoms with Gasteiger partial charge in [-0.05, 0) is 0 Å². The van der Waals surface area contributed by atoms with Crippen molar-refractivity contribution in [3.8, 4) is 13.1 Å². The Hall–Kier alpha value is 0.726. The average molecular weight is 192 g/mol. The molecule has 6 nitrogen and oxygen atoms in total. The van der Waals surface area contributed by atoms with Crippen LogP contribution >= 0.6 is 7.82 Å². The van der Waals surface area contributed by atoms with E-state index >= 15 is 0 Å². The SMILES string of the molecule is C#N.C#N.O=P(O)(O)O.[KH]. The Morgan fingerprint density at radius 2 is 1.00 bits per heavy atom. The Bertz CT molecular complexity index is 113. The third-order valence-corrected chi connectivity index (χ3v) is 0. The van der Waals surface area contributed by atoms with Crippen LogP contribution < -0.4 is 0 Å². The number of hydrogen-bond donors (Lipinski definition) is 3. The summed E-state index contributed by atoms with van der Waals surface area (Å²) in [5, 5.41) is 13.0. The van der Waals surface area contributed by atoms with Crippen molar-refractivity contribution in [2.75, 3.05) is 0 Å². The molecule has 0 fully saturated rings. The van der Waals surface area contributed by atoms with Crippen molar-refractivity contribution in [1.29, 1.82) is 10.5 Å². The second kappa shape index (κ2) is 16.4. The summed E-state index contributed by atoms with van der Waals surface area (Å²) < 4.78 is 8.88. The molecule has 0 aliphatic heterocycles. The molecule has 0 unspecified atom stereocenters. The van der Waals surface area contributed by atoms with Gasteiger partial charge in [0.1, 0.15) is 0 Å². The van der Waals surface area contributed by atoms with Gasteiger partial charge in [0.25, 0.3) is 0 Å². The molecule has 0 aromatic heterocycles. The Labute approximate surface area is 101 Å². The van der Waals surface area contributed by atoms with Gasteiger partial charge in [-0.25, -0.2) is 15.1 Å². The fourth-order valence-electron chi connectivity index (χ4n) is 0. The molecule has 3 N–H and O–H groups in total. The molecule has 0 rings (SSSR count). The summed E-state index contributed by atoms with van der Waals surface area (Å²) in [6.45, 7) is 7.00. The molecule has 0 aliphatic rings. The van der Waals surface area contributed by atoms with Gasteiger partial charge in [0.15, 0.2) is 0 Å². The van der Waals surface area contributed by atoms with Crippen molar-refractivity contribution in [2.24, 2.45) is 0 Å². The molecule has 0 heterocycles. The molecule has 54 valence electrons. The summed E-state index contributed by atoms with van der Waals surface area (Å²) in [5.74, 6) is 0. The van der Waals surface area contributed by atoms with Crippen LogP contribution in [0.2, 0.25) is 0 Å². The summed E-state index contributed by atoms with van der Waals surface area (Å²) >= 11 is 0. The van der Waals surface area contributed by atoms with Crippen molar-refractivity contribution in [3.05, 3.63) is 0 Å². The maximum absolute atomic E-state index is 8.88. The normalized spacial score (nSPS) is 6.30. The van der Waals surface area contributed by atoms with E-state index in [-0.39, 0.29) is 51.4 Å². The van der Waals surface area contributed by atoms with Gasteiger partial charge in [0.2, 0.25) is 0 Å². The van der Waals surface area contributed by atoms with E-state index < -0.39 is 7.82 Å². The molecule has 0 radical (unpaired) electrons. The number of nitrogens with zero attached hydrogens (tertiary/aromatic N) is 2. The van der Waals surface area contributed by atoms with Gasteiger partial charge < -0.3 is 14.7 Å². The van der Waals surface area contributed by atoms with E-state index in [9.17, 15) is 0 Å². The molecule has 10 heavy (non-hydrogen) atoms. The van der Waals surface area contributed by atoms with E-state index in [0.717, 1.165) is 0 Å². The molecular formula is C2H6KN2O4P. The predicted octanol–water partition coefficient (Wildman–Crippen LogP) is -1.30. The molecule has 0 amide bonds. The molecule has 0 aromatic carbocycles. The predicted molar refractivity (Wildman–Crippen MR) is 34.8 cm³/mol. The molecule has 0 aromatic rings. The number of rotatable bonds is 0. The molecule has 0 aliphatic carbocycles. The van der Waals surface area contributed by atoms with Gasteiger partial charge in [-0.15, -0.1) is 0 Å². The van der Waals surface area contributed by atoms with Crippen LogP contribution in [0.4, 0.5) is 0 Å². The van der Waals surface area contributed by atoms with Crippen molar-refractivity contribution < 1.29 is 19.2 Å². The van der Waals surface area contributed by atoms with Crippen molar-refractivity contribution >= 4 is 59.2 Å². The topological polar surface area (TPSA) is 125 Å². The monoisotopic (exact) mass is 192 g/mol. The summed E-state index contributed by atoms with van der Waals surface area (Å²) in [6, 6.07) is 0. The van der Waals surface area contributed by atoms with Gasteiger partial charge in [-0.3, -0.25) is 0 Å². The molecule has 0 saturated carbocycles. The third-order valence-electron chi connectivity index (χ3n) is 0. The molecule has 0 atom stereocenters. The maximum atomic E-state index is 8.88. The van der Waals surface area contributed by atoms with Crippen LogP contribution in [0.15, 0.2) is 0 Å². The van der Waals surface area contributed by atoms with Crippen LogP contribution in [0.1, 0.15) is 0 Å². The summed E-state index contributed by atoms with van der Waals surface area (Å²) in [5.41, 5.74) is 0. The first-order valence-corrected chi connectivity index (χ1v) is 2.86. The second-order valence-corrected chi connectivity index (χ2v) is 1.54. The van der Waals surface area contributed by atoms with Gasteiger partial charge in [-0.1, -0.05) is 0 Å². The van der Waals surface area contributed by atoms with Crippen LogP contribution in [0.5, 0.6) is 0 Å². The fourth-order valence-corrected chi connectivity index (χ4v) is 0. The molecule has 0 spiro atoms. The summed E-state index contributed by atoms with van der Waals surface area (Å²) in [7, 11) is -4.64. The van der Waals surface area contributed by atoms with E-state index in [4.69, 9.17) is 29.8 Å². The van der Waals surface area contributed by atoms with E-state index in [1.165, 1.54) is 0 Å². The quantitative estimate of drug-likeness (QED) is 0.323. The average Bonchev–Trinajstić information content (AvgIpc) is 1.72. The Morgan fingerprint density at radius 3 is 1.00 bits per heavy atom. The van der Waals surface area contributed by atoms with Crippen LogP contribution in [0.3, 0.4) is 0 Å². The molecular weight excluding hydrogens is 186 g/mol.